The van der Waals surface area contributed by atoms with Crippen molar-refractivity contribution >= 4 is 23.3 Å². The third kappa shape index (κ3) is 4.03. The molecule has 0 radical (unpaired) electrons. The second-order valence-electron chi connectivity index (χ2n) is 7.88. The second kappa shape index (κ2) is 8.37. The van der Waals surface area contributed by atoms with Crippen molar-refractivity contribution in [3.63, 3.8) is 0 Å². The van der Waals surface area contributed by atoms with E-state index in [2.05, 4.69) is 0 Å². The Balaban J connectivity index is 0.000000182. The number of hydrogen-bond donors (Lipinski definition) is 3. The molecule has 2 aromatic carbocycles. The number of phenolic OH excluding ortho intramolecular Hbond substituents is 2. The number of nitrogens with two attached hydrogens (primary N) is 1. The van der Waals surface area contributed by atoms with Gasteiger partial charge < -0.3 is 25.4 Å². The van der Waals surface area contributed by atoms with E-state index in [9.17, 15) is 29.9 Å². The largest absolute Gasteiger partial charge is 0.506 e. The Kier molecular flexibility index (Phi) is 5.98. The number of nitrogens with zero attached hydrogens (tertiary/aromatic N) is 1. The number of methoxy groups -OCH3 is 2. The summed E-state index contributed by atoms with van der Waals surface area (Å²) in [7, 11) is 2.67. The summed E-state index contributed by atoms with van der Waals surface area (Å²) >= 11 is 0. The van der Waals surface area contributed by atoms with Crippen LogP contribution < -0.4 is 5.73 Å². The van der Waals surface area contributed by atoms with Crippen LogP contribution in [0.2, 0.25) is 0 Å². The standard InChI is InChI=1S/C11H11NO5.C11H13NO3/c1-17-10(14)11(4-5-11)7-2-3-9(13)8(6-7)12(15)16;1-15-10(14)11(4-5-11)7-2-3-9(13)8(12)6-7/h2-3,6,13H,4-5H2,1H3;2-3,6,13H,4-5,12H2,1H3. The van der Waals surface area contributed by atoms with E-state index in [4.69, 9.17) is 15.2 Å². The molecule has 2 saturated carbocycles. The molecule has 2 aromatic rings. The first-order chi connectivity index (χ1) is 15.1. The maximum absolute atomic E-state index is 11.6. The number of ether oxygens (including phenoxy) is 2. The summed E-state index contributed by atoms with van der Waals surface area (Å²) in [6, 6.07) is 8.85. The second-order valence-corrected chi connectivity index (χ2v) is 7.88. The third-order valence-corrected chi connectivity index (χ3v) is 5.96. The van der Waals surface area contributed by atoms with E-state index in [1.165, 1.54) is 38.5 Å². The fraction of sp³-hybridized carbons (Fsp3) is 0.364. The van der Waals surface area contributed by atoms with E-state index in [0.29, 0.717) is 24.1 Å². The number of esters is 2. The lowest BCUT2D eigenvalue weighted by molar-refractivity contribution is -0.385. The van der Waals surface area contributed by atoms with E-state index >= 15 is 0 Å². The minimum absolute atomic E-state index is 0.0411. The molecule has 0 spiro atoms. The SMILES string of the molecule is COC(=O)C1(c2ccc(O)c(N)c2)CC1.COC(=O)C1(c2ccc(O)c([N+](=O)[O-])c2)CC1. The number of nitrogen functional groups attached to an aromatic ring is 1. The molecular weight excluding hydrogens is 420 g/mol. The van der Waals surface area contributed by atoms with Gasteiger partial charge in [0.25, 0.3) is 0 Å². The minimum Gasteiger partial charge on any atom is -0.506 e. The minimum atomic E-state index is -0.757. The monoisotopic (exact) mass is 444 g/mol. The van der Waals surface area contributed by atoms with Crippen molar-refractivity contribution in [3.05, 3.63) is 57.6 Å². The summed E-state index contributed by atoms with van der Waals surface area (Å²) in [6.45, 7) is 0. The Labute approximate surface area is 183 Å². The van der Waals surface area contributed by atoms with Crippen LogP contribution in [-0.4, -0.2) is 41.3 Å². The van der Waals surface area contributed by atoms with Gasteiger partial charge in [-0.05, 0) is 55.0 Å². The molecule has 4 rings (SSSR count). The molecule has 0 bridgehead atoms. The average Bonchev–Trinajstić information content (AvgIpc) is 3.69. The van der Waals surface area contributed by atoms with Crippen molar-refractivity contribution < 1.29 is 34.2 Å². The quantitative estimate of drug-likeness (QED) is 0.207. The fourth-order valence-corrected chi connectivity index (χ4v) is 3.68. The molecular formula is C22H24N2O8. The number of nitro groups is 1. The molecule has 2 aliphatic carbocycles. The number of carbonyl (C=O) groups excluding carboxylic acids is 2. The molecule has 2 fully saturated rings. The lowest BCUT2D eigenvalue weighted by atomic mass is 9.95. The molecule has 0 unspecified atom stereocenters. The number of hydrogen-bond acceptors (Lipinski definition) is 9. The van der Waals surface area contributed by atoms with E-state index in [-0.39, 0.29) is 11.7 Å². The number of rotatable bonds is 5. The number of carbonyl (C=O) groups is 2. The lowest BCUT2D eigenvalue weighted by Gasteiger charge is -2.13. The van der Waals surface area contributed by atoms with Crippen LogP contribution in [0.25, 0.3) is 0 Å². The zero-order chi connectivity index (χ0) is 23.7. The summed E-state index contributed by atoms with van der Waals surface area (Å²) in [4.78, 5) is 33.2. The zero-order valence-corrected chi connectivity index (χ0v) is 17.7. The van der Waals surface area contributed by atoms with Gasteiger partial charge >= 0.3 is 17.6 Å². The molecule has 0 heterocycles. The molecule has 0 aromatic heterocycles. The van der Waals surface area contributed by atoms with E-state index < -0.39 is 33.2 Å². The highest BCUT2D eigenvalue weighted by Crippen LogP contribution is 2.51. The molecule has 2 aliphatic rings. The molecule has 170 valence electrons. The van der Waals surface area contributed by atoms with Crippen molar-refractivity contribution in [2.45, 2.75) is 36.5 Å². The first kappa shape index (κ1) is 22.9. The summed E-state index contributed by atoms with van der Waals surface area (Å²) in [6.07, 6.45) is 2.79. The van der Waals surface area contributed by atoms with Gasteiger partial charge in [0.05, 0.1) is 35.7 Å². The Morgan fingerprint density at radius 1 is 0.906 bits per heavy atom. The van der Waals surface area contributed by atoms with E-state index in [1.807, 2.05) is 0 Å². The summed E-state index contributed by atoms with van der Waals surface area (Å²) in [5.74, 6) is -0.982. The molecule has 0 atom stereocenters. The van der Waals surface area contributed by atoms with Crippen LogP contribution in [0.1, 0.15) is 36.8 Å². The van der Waals surface area contributed by atoms with Gasteiger partial charge in [-0.3, -0.25) is 19.7 Å². The van der Waals surface area contributed by atoms with Crippen molar-refractivity contribution in [3.8, 4) is 11.5 Å². The maximum Gasteiger partial charge on any atom is 0.316 e. The van der Waals surface area contributed by atoms with Gasteiger partial charge in [0.2, 0.25) is 0 Å². The van der Waals surface area contributed by atoms with Gasteiger partial charge in [-0.15, -0.1) is 0 Å². The summed E-state index contributed by atoms with van der Waals surface area (Å²) in [5, 5.41) is 29.3. The van der Waals surface area contributed by atoms with Crippen LogP contribution in [0.4, 0.5) is 11.4 Å². The number of aromatic hydroxyl groups is 2. The molecule has 10 nitrogen and oxygen atoms in total. The highest BCUT2D eigenvalue weighted by atomic mass is 16.6. The third-order valence-electron chi connectivity index (χ3n) is 5.96. The van der Waals surface area contributed by atoms with Crippen LogP contribution in [0, 0.1) is 10.1 Å². The Morgan fingerprint density at radius 3 is 1.72 bits per heavy atom. The molecule has 0 saturated heterocycles. The topological polar surface area (TPSA) is 162 Å². The first-order valence-electron chi connectivity index (χ1n) is 9.85. The zero-order valence-electron chi connectivity index (χ0n) is 17.7. The van der Waals surface area contributed by atoms with Gasteiger partial charge in [0, 0.05) is 6.07 Å². The Morgan fingerprint density at radius 2 is 1.34 bits per heavy atom. The van der Waals surface area contributed by atoms with E-state index in [1.54, 1.807) is 12.1 Å². The highest BCUT2D eigenvalue weighted by Gasteiger charge is 2.53. The molecule has 10 heteroatoms. The van der Waals surface area contributed by atoms with Gasteiger partial charge in [0.1, 0.15) is 5.75 Å². The van der Waals surface area contributed by atoms with Gasteiger partial charge in [-0.2, -0.15) is 0 Å². The van der Waals surface area contributed by atoms with Gasteiger partial charge in [-0.1, -0.05) is 12.1 Å². The van der Waals surface area contributed by atoms with Crippen molar-refractivity contribution in [2.24, 2.45) is 0 Å². The molecule has 0 amide bonds. The van der Waals surface area contributed by atoms with Crippen molar-refractivity contribution in [1.29, 1.82) is 0 Å². The first-order valence-corrected chi connectivity index (χ1v) is 9.85. The van der Waals surface area contributed by atoms with Crippen LogP contribution in [0.5, 0.6) is 11.5 Å². The molecule has 32 heavy (non-hydrogen) atoms. The normalized spacial score (nSPS) is 16.7. The number of benzene rings is 2. The molecule has 0 aliphatic heterocycles. The highest BCUT2D eigenvalue weighted by molar-refractivity contribution is 5.87. The number of anilines is 1. The number of nitro benzene ring substituents is 1. The maximum atomic E-state index is 11.6. The summed E-state index contributed by atoms with van der Waals surface area (Å²) < 4.78 is 9.45. The van der Waals surface area contributed by atoms with Crippen molar-refractivity contribution in [2.75, 3.05) is 20.0 Å². The fourth-order valence-electron chi connectivity index (χ4n) is 3.68. The van der Waals surface area contributed by atoms with Crippen LogP contribution in [0.15, 0.2) is 36.4 Å². The predicted molar refractivity (Wildman–Crippen MR) is 113 cm³/mol. The van der Waals surface area contributed by atoms with Crippen LogP contribution >= 0.6 is 0 Å². The average molecular weight is 444 g/mol. The predicted octanol–water partition coefficient (Wildman–Crippen LogP) is 2.68. The Bertz CT molecular complexity index is 1070. The van der Waals surface area contributed by atoms with Crippen LogP contribution in [0.3, 0.4) is 0 Å². The Hall–Kier alpha value is -3.82. The van der Waals surface area contributed by atoms with Crippen LogP contribution in [-0.2, 0) is 29.9 Å². The number of phenols is 2. The molecule has 4 N–H and O–H groups in total. The van der Waals surface area contributed by atoms with Crippen molar-refractivity contribution in [1.82, 2.24) is 0 Å². The van der Waals surface area contributed by atoms with Gasteiger partial charge in [0.15, 0.2) is 5.75 Å². The summed E-state index contributed by atoms with van der Waals surface area (Å²) in [5.41, 5.74) is 5.56. The van der Waals surface area contributed by atoms with Gasteiger partial charge in [-0.25, -0.2) is 0 Å². The smallest absolute Gasteiger partial charge is 0.316 e. The lowest BCUT2D eigenvalue weighted by Crippen LogP contribution is -2.21. The van der Waals surface area contributed by atoms with E-state index in [0.717, 1.165) is 18.4 Å².